The van der Waals surface area contributed by atoms with Gasteiger partial charge in [0.2, 0.25) is 0 Å². The van der Waals surface area contributed by atoms with Gasteiger partial charge in [0, 0.05) is 25.3 Å². The van der Waals surface area contributed by atoms with Gasteiger partial charge in [-0.05, 0) is 39.8 Å². The van der Waals surface area contributed by atoms with Crippen LogP contribution in [0.4, 0.5) is 4.79 Å². The number of carbonyl (C=O) groups excluding carboxylic acids is 1. The molecule has 0 aliphatic heterocycles. The Labute approximate surface area is 188 Å². The number of hydrogen-bond acceptors (Lipinski definition) is 5. The number of alkyl carbamates (subject to hydrolysis) is 1. The Morgan fingerprint density at radius 3 is 2.48 bits per heavy atom. The molecule has 0 spiro atoms. The second kappa shape index (κ2) is 12.2. The molecule has 0 fully saturated rings. The number of nitrogens with one attached hydrogen (secondary N) is 3. The van der Waals surface area contributed by atoms with E-state index in [4.69, 9.17) is 4.74 Å². The molecular weight excluding hydrogens is 485 g/mol. The molecule has 160 valence electrons. The van der Waals surface area contributed by atoms with Gasteiger partial charge in [-0.15, -0.1) is 34.2 Å². The van der Waals surface area contributed by atoms with E-state index in [1.165, 1.54) is 0 Å². The molecule has 0 aliphatic rings. The van der Waals surface area contributed by atoms with Gasteiger partial charge in [-0.25, -0.2) is 9.79 Å². The minimum atomic E-state index is -0.511. The predicted molar refractivity (Wildman–Crippen MR) is 124 cm³/mol. The number of hydrogen-bond donors (Lipinski definition) is 3. The Hall–Kier alpha value is -2.37. The first-order chi connectivity index (χ1) is 13.4. The lowest BCUT2D eigenvalue weighted by Gasteiger charge is -2.19. The van der Waals surface area contributed by atoms with Crippen molar-refractivity contribution in [1.82, 2.24) is 30.7 Å². The van der Waals surface area contributed by atoms with E-state index in [2.05, 4.69) is 31.1 Å². The van der Waals surface area contributed by atoms with Crippen LogP contribution in [0.15, 0.2) is 41.7 Å². The zero-order valence-electron chi connectivity index (χ0n) is 17.3. The molecular formula is C19H30IN7O2. The van der Waals surface area contributed by atoms with Gasteiger partial charge >= 0.3 is 6.09 Å². The number of amides is 1. The van der Waals surface area contributed by atoms with Gasteiger partial charge in [-0.3, -0.25) is 4.57 Å². The summed E-state index contributed by atoms with van der Waals surface area (Å²) in [5.74, 6) is 1.37. The molecule has 0 bridgehead atoms. The topological polar surface area (TPSA) is 105 Å². The highest BCUT2D eigenvalue weighted by Crippen LogP contribution is 2.09. The van der Waals surface area contributed by atoms with Crippen molar-refractivity contribution in [1.29, 1.82) is 0 Å². The number of aliphatic imine (C=N–C) groups is 1. The zero-order valence-corrected chi connectivity index (χ0v) is 19.6. The zero-order chi connectivity index (χ0) is 20.4. The fourth-order valence-corrected chi connectivity index (χ4v) is 2.32. The van der Waals surface area contributed by atoms with E-state index >= 15 is 0 Å². The summed E-state index contributed by atoms with van der Waals surface area (Å²) in [7, 11) is 0. The largest absolute Gasteiger partial charge is 0.444 e. The van der Waals surface area contributed by atoms with Crippen LogP contribution in [-0.4, -0.2) is 52.1 Å². The summed E-state index contributed by atoms with van der Waals surface area (Å²) in [5.41, 5.74) is 0.472. The Morgan fingerprint density at radius 2 is 1.83 bits per heavy atom. The fourth-order valence-electron chi connectivity index (χ4n) is 2.32. The molecule has 9 nitrogen and oxygen atoms in total. The summed E-state index contributed by atoms with van der Waals surface area (Å²) < 4.78 is 7.10. The highest BCUT2D eigenvalue weighted by molar-refractivity contribution is 14.0. The number of benzene rings is 1. The number of rotatable bonds is 7. The maximum Gasteiger partial charge on any atom is 0.407 e. The molecule has 1 aromatic carbocycles. The molecule has 0 unspecified atom stereocenters. The van der Waals surface area contributed by atoms with Crippen LogP contribution in [-0.2, 0) is 11.3 Å². The smallest absolute Gasteiger partial charge is 0.407 e. The van der Waals surface area contributed by atoms with Gasteiger partial charge < -0.3 is 20.7 Å². The normalized spacial score (nSPS) is 11.4. The van der Waals surface area contributed by atoms with Gasteiger partial charge in [-0.1, -0.05) is 18.2 Å². The minimum absolute atomic E-state index is 0. The number of para-hydroxylation sites is 1. The lowest BCUT2D eigenvalue weighted by Crippen LogP contribution is -2.42. The lowest BCUT2D eigenvalue weighted by atomic mass is 10.2. The van der Waals surface area contributed by atoms with Crippen LogP contribution < -0.4 is 16.0 Å². The Balaban J connectivity index is 0.00000420. The van der Waals surface area contributed by atoms with Crippen molar-refractivity contribution in [2.24, 2.45) is 4.99 Å². The lowest BCUT2D eigenvalue weighted by molar-refractivity contribution is 0.0529. The van der Waals surface area contributed by atoms with Gasteiger partial charge in [0.1, 0.15) is 18.5 Å². The van der Waals surface area contributed by atoms with Crippen molar-refractivity contribution < 1.29 is 9.53 Å². The van der Waals surface area contributed by atoms with Crippen LogP contribution in [0.2, 0.25) is 0 Å². The van der Waals surface area contributed by atoms with Crippen molar-refractivity contribution in [2.45, 2.75) is 39.8 Å². The van der Waals surface area contributed by atoms with Crippen molar-refractivity contribution in [3.05, 3.63) is 42.5 Å². The van der Waals surface area contributed by atoms with Crippen LogP contribution in [0.1, 0.15) is 33.5 Å². The highest BCUT2D eigenvalue weighted by Gasteiger charge is 2.15. The summed E-state index contributed by atoms with van der Waals surface area (Å²) in [6.45, 7) is 9.48. The Bertz CT molecular complexity index is 772. The van der Waals surface area contributed by atoms with E-state index in [9.17, 15) is 4.79 Å². The van der Waals surface area contributed by atoms with E-state index < -0.39 is 11.7 Å². The second-order valence-corrected chi connectivity index (χ2v) is 7.00. The summed E-state index contributed by atoms with van der Waals surface area (Å²) in [4.78, 5) is 16.2. The molecule has 2 aromatic rings. The summed E-state index contributed by atoms with van der Waals surface area (Å²) >= 11 is 0. The second-order valence-electron chi connectivity index (χ2n) is 7.00. The van der Waals surface area contributed by atoms with Crippen LogP contribution in [0.25, 0.3) is 5.69 Å². The van der Waals surface area contributed by atoms with Crippen LogP contribution in [0, 0.1) is 0 Å². The van der Waals surface area contributed by atoms with E-state index in [0.29, 0.717) is 25.6 Å². The molecule has 29 heavy (non-hydrogen) atoms. The van der Waals surface area contributed by atoms with Gasteiger partial charge in [0.25, 0.3) is 0 Å². The summed E-state index contributed by atoms with van der Waals surface area (Å²) in [6, 6.07) is 9.87. The Morgan fingerprint density at radius 1 is 1.14 bits per heavy atom. The number of carbonyl (C=O) groups is 1. The van der Waals surface area contributed by atoms with E-state index in [1.807, 2.05) is 62.6 Å². The van der Waals surface area contributed by atoms with Gasteiger partial charge in [-0.2, -0.15) is 0 Å². The molecule has 0 saturated heterocycles. The molecule has 0 radical (unpaired) electrons. The van der Waals surface area contributed by atoms with Crippen LogP contribution in [0.5, 0.6) is 0 Å². The van der Waals surface area contributed by atoms with Crippen molar-refractivity contribution >= 4 is 36.0 Å². The highest BCUT2D eigenvalue weighted by atomic mass is 127. The molecule has 1 amide bonds. The molecule has 10 heteroatoms. The first-order valence-electron chi connectivity index (χ1n) is 9.32. The third kappa shape index (κ3) is 9.11. The average molecular weight is 515 g/mol. The SMILES string of the molecule is CCNC(=NCc1nncn1-c1ccccc1)NCCNC(=O)OC(C)(C)C.I. The quantitative estimate of drug-likeness (QED) is 0.227. The van der Waals surface area contributed by atoms with Crippen LogP contribution in [0.3, 0.4) is 0 Å². The number of halogens is 1. The van der Waals surface area contributed by atoms with Gasteiger partial charge in [0.05, 0.1) is 0 Å². The average Bonchev–Trinajstić information content (AvgIpc) is 3.11. The van der Waals surface area contributed by atoms with E-state index in [1.54, 1.807) is 6.33 Å². The molecule has 0 aliphatic carbocycles. The number of aromatic nitrogens is 3. The molecule has 1 heterocycles. The molecule has 0 atom stereocenters. The number of guanidine groups is 1. The molecule has 1 aromatic heterocycles. The maximum atomic E-state index is 11.7. The monoisotopic (exact) mass is 515 g/mol. The third-order valence-corrected chi connectivity index (χ3v) is 3.46. The molecule has 2 rings (SSSR count). The van der Waals surface area contributed by atoms with E-state index in [-0.39, 0.29) is 24.0 Å². The predicted octanol–water partition coefficient (Wildman–Crippen LogP) is 2.47. The van der Waals surface area contributed by atoms with Crippen molar-refractivity contribution in [3.8, 4) is 5.69 Å². The standard InChI is InChI=1S/C19H29N7O2.HI/c1-5-20-17(21-11-12-22-18(27)28-19(2,3)4)23-13-16-25-24-14-26(16)15-9-7-6-8-10-15;/h6-10,14H,5,11-13H2,1-4H3,(H,22,27)(H2,20,21,23);1H. The Kier molecular flexibility index (Phi) is 10.4. The van der Waals surface area contributed by atoms with Crippen molar-refractivity contribution in [2.75, 3.05) is 19.6 Å². The fraction of sp³-hybridized carbons (Fsp3) is 0.474. The van der Waals surface area contributed by atoms with Crippen molar-refractivity contribution in [3.63, 3.8) is 0 Å². The maximum absolute atomic E-state index is 11.7. The molecule has 0 saturated carbocycles. The van der Waals surface area contributed by atoms with Crippen LogP contribution >= 0.6 is 24.0 Å². The first kappa shape index (κ1) is 24.7. The van der Waals surface area contributed by atoms with E-state index in [0.717, 1.165) is 18.1 Å². The first-order valence-corrected chi connectivity index (χ1v) is 9.32. The summed E-state index contributed by atoms with van der Waals surface area (Å²) in [5, 5.41) is 17.2. The minimum Gasteiger partial charge on any atom is -0.444 e. The third-order valence-electron chi connectivity index (χ3n) is 3.46. The number of nitrogens with zero attached hydrogens (tertiary/aromatic N) is 4. The summed E-state index contributed by atoms with van der Waals surface area (Å²) in [6.07, 6.45) is 1.23. The van der Waals surface area contributed by atoms with Gasteiger partial charge in [0.15, 0.2) is 11.8 Å². The number of ether oxygens (including phenoxy) is 1. The molecule has 3 N–H and O–H groups in total.